The highest BCUT2D eigenvalue weighted by molar-refractivity contribution is 6.21. The first-order chi connectivity index (χ1) is 10.2. The third kappa shape index (κ3) is 3.01. The minimum atomic E-state index is 0.145. The molecule has 0 amide bonds. The molecule has 3 atom stereocenters. The molecular formula is C20H23Cl. The molecule has 0 spiro atoms. The Kier molecular flexibility index (Phi) is 4.35. The summed E-state index contributed by atoms with van der Waals surface area (Å²) in [6, 6.07) is 17.6. The van der Waals surface area contributed by atoms with Crippen molar-refractivity contribution >= 4 is 11.6 Å². The summed E-state index contributed by atoms with van der Waals surface area (Å²) in [6.45, 7) is 4.45. The number of benzene rings is 2. The molecule has 0 nitrogen and oxygen atoms in total. The van der Waals surface area contributed by atoms with Gasteiger partial charge in [-0.05, 0) is 53.4 Å². The van der Waals surface area contributed by atoms with Crippen molar-refractivity contribution in [2.45, 2.75) is 44.4 Å². The van der Waals surface area contributed by atoms with E-state index in [1.165, 1.54) is 28.7 Å². The average Bonchev–Trinajstić information content (AvgIpc) is 3.35. The second-order valence-electron chi connectivity index (χ2n) is 6.05. The predicted octanol–water partition coefficient (Wildman–Crippen LogP) is 5.90. The standard InChI is InChI=1S/C20H23Cl/c1-3-14-10-11-17(12-15(14)4-2)20(21)19-13-18(19)16-8-6-5-7-9-16/h5-12,18-20H,3-4,13H2,1-2H3. The molecule has 110 valence electrons. The predicted molar refractivity (Wildman–Crippen MR) is 91.1 cm³/mol. The summed E-state index contributed by atoms with van der Waals surface area (Å²) < 4.78 is 0. The number of halogens is 1. The molecule has 2 aromatic rings. The lowest BCUT2D eigenvalue weighted by Crippen LogP contribution is -1.99. The molecule has 1 heteroatoms. The van der Waals surface area contributed by atoms with Crippen LogP contribution in [0.15, 0.2) is 48.5 Å². The molecule has 1 saturated carbocycles. The molecule has 1 aliphatic carbocycles. The van der Waals surface area contributed by atoms with Crippen LogP contribution in [0.2, 0.25) is 0 Å². The maximum atomic E-state index is 6.77. The Morgan fingerprint density at radius 1 is 1.00 bits per heavy atom. The van der Waals surface area contributed by atoms with Gasteiger partial charge in [0.1, 0.15) is 0 Å². The molecule has 0 aromatic heterocycles. The number of aryl methyl sites for hydroxylation is 2. The summed E-state index contributed by atoms with van der Waals surface area (Å²) in [7, 11) is 0. The summed E-state index contributed by atoms with van der Waals surface area (Å²) in [5.74, 6) is 1.23. The van der Waals surface area contributed by atoms with E-state index in [9.17, 15) is 0 Å². The number of hydrogen-bond donors (Lipinski definition) is 0. The Hall–Kier alpha value is -1.27. The van der Waals surface area contributed by atoms with Crippen LogP contribution in [0.1, 0.15) is 53.8 Å². The summed E-state index contributed by atoms with van der Waals surface area (Å²) in [5, 5.41) is 0.145. The van der Waals surface area contributed by atoms with Crippen molar-refractivity contribution in [2.75, 3.05) is 0 Å². The van der Waals surface area contributed by atoms with Crippen molar-refractivity contribution in [1.29, 1.82) is 0 Å². The van der Waals surface area contributed by atoms with Gasteiger partial charge in [0.05, 0.1) is 5.38 Å². The Morgan fingerprint density at radius 3 is 2.38 bits per heavy atom. The summed E-state index contributed by atoms with van der Waals surface area (Å²) in [4.78, 5) is 0. The van der Waals surface area contributed by atoms with Gasteiger partial charge in [-0.25, -0.2) is 0 Å². The molecule has 3 unspecified atom stereocenters. The zero-order chi connectivity index (χ0) is 14.8. The first kappa shape index (κ1) is 14.7. The first-order valence-electron chi connectivity index (χ1n) is 8.05. The monoisotopic (exact) mass is 298 g/mol. The first-order valence-corrected chi connectivity index (χ1v) is 8.49. The smallest absolute Gasteiger partial charge is 0.0619 e. The lowest BCUT2D eigenvalue weighted by atomic mass is 9.96. The van der Waals surface area contributed by atoms with Crippen LogP contribution in [0.4, 0.5) is 0 Å². The molecule has 0 heterocycles. The topological polar surface area (TPSA) is 0 Å². The fourth-order valence-electron chi connectivity index (χ4n) is 3.36. The van der Waals surface area contributed by atoms with Gasteiger partial charge in [-0.1, -0.05) is 62.4 Å². The van der Waals surface area contributed by atoms with Gasteiger partial charge in [0.25, 0.3) is 0 Å². The largest absolute Gasteiger partial charge is 0.117 e. The van der Waals surface area contributed by atoms with Crippen molar-refractivity contribution in [3.8, 4) is 0 Å². The number of rotatable bonds is 5. The summed E-state index contributed by atoms with van der Waals surface area (Å²) in [6.07, 6.45) is 3.41. The van der Waals surface area contributed by atoms with Crippen molar-refractivity contribution in [3.63, 3.8) is 0 Å². The van der Waals surface area contributed by atoms with Crippen LogP contribution in [-0.4, -0.2) is 0 Å². The SMILES string of the molecule is CCc1ccc(C(Cl)C2CC2c2ccccc2)cc1CC. The molecule has 3 rings (SSSR count). The van der Waals surface area contributed by atoms with Gasteiger partial charge < -0.3 is 0 Å². The Balaban J connectivity index is 1.76. The number of hydrogen-bond acceptors (Lipinski definition) is 0. The molecule has 0 saturated heterocycles. The van der Waals surface area contributed by atoms with Crippen molar-refractivity contribution in [1.82, 2.24) is 0 Å². The minimum Gasteiger partial charge on any atom is -0.117 e. The van der Waals surface area contributed by atoms with E-state index in [1.54, 1.807) is 0 Å². The molecule has 0 bridgehead atoms. The van der Waals surface area contributed by atoms with E-state index in [-0.39, 0.29) is 5.38 Å². The molecule has 0 N–H and O–H groups in total. The summed E-state index contributed by atoms with van der Waals surface area (Å²) >= 11 is 6.77. The Morgan fingerprint density at radius 2 is 1.71 bits per heavy atom. The van der Waals surface area contributed by atoms with Gasteiger partial charge in [-0.15, -0.1) is 11.6 Å². The molecule has 1 aliphatic rings. The van der Waals surface area contributed by atoms with Crippen molar-refractivity contribution in [3.05, 3.63) is 70.8 Å². The van der Waals surface area contributed by atoms with Crippen molar-refractivity contribution < 1.29 is 0 Å². The van der Waals surface area contributed by atoms with Gasteiger partial charge in [-0.2, -0.15) is 0 Å². The van der Waals surface area contributed by atoms with Crippen LogP contribution in [-0.2, 0) is 12.8 Å². The fourth-order valence-corrected chi connectivity index (χ4v) is 3.77. The van der Waals surface area contributed by atoms with E-state index in [0.29, 0.717) is 11.8 Å². The third-order valence-electron chi connectivity index (χ3n) is 4.75. The average molecular weight is 299 g/mol. The third-order valence-corrected chi connectivity index (χ3v) is 5.33. The van der Waals surface area contributed by atoms with E-state index >= 15 is 0 Å². The molecule has 0 radical (unpaired) electrons. The highest BCUT2D eigenvalue weighted by atomic mass is 35.5. The second kappa shape index (κ2) is 6.23. The van der Waals surface area contributed by atoms with Crippen LogP contribution in [0.25, 0.3) is 0 Å². The lowest BCUT2D eigenvalue weighted by molar-refractivity contribution is 0.762. The van der Waals surface area contributed by atoms with E-state index in [1.807, 2.05) is 0 Å². The molecular weight excluding hydrogens is 276 g/mol. The second-order valence-corrected chi connectivity index (χ2v) is 6.52. The van der Waals surface area contributed by atoms with Crippen LogP contribution in [0.5, 0.6) is 0 Å². The highest BCUT2D eigenvalue weighted by Crippen LogP contribution is 2.56. The molecule has 1 fully saturated rings. The van der Waals surface area contributed by atoms with Gasteiger partial charge >= 0.3 is 0 Å². The van der Waals surface area contributed by atoms with Gasteiger partial charge in [0, 0.05) is 0 Å². The normalized spacial score (nSPS) is 22.0. The van der Waals surface area contributed by atoms with Crippen LogP contribution in [0, 0.1) is 5.92 Å². The van der Waals surface area contributed by atoms with Gasteiger partial charge in [0.15, 0.2) is 0 Å². The van der Waals surface area contributed by atoms with Crippen LogP contribution < -0.4 is 0 Å². The van der Waals surface area contributed by atoms with Gasteiger partial charge in [-0.3, -0.25) is 0 Å². The van der Waals surface area contributed by atoms with Crippen molar-refractivity contribution in [2.24, 2.45) is 5.92 Å². The summed E-state index contributed by atoms with van der Waals surface area (Å²) in [5.41, 5.74) is 5.65. The lowest BCUT2D eigenvalue weighted by Gasteiger charge is -2.14. The molecule has 2 aromatic carbocycles. The molecule has 0 aliphatic heterocycles. The maximum absolute atomic E-state index is 6.77. The van der Waals surface area contributed by atoms with Crippen LogP contribution >= 0.6 is 11.6 Å². The maximum Gasteiger partial charge on any atom is 0.0619 e. The zero-order valence-corrected chi connectivity index (χ0v) is 13.6. The zero-order valence-electron chi connectivity index (χ0n) is 12.9. The Bertz CT molecular complexity index is 602. The van der Waals surface area contributed by atoms with E-state index in [4.69, 9.17) is 11.6 Å². The quantitative estimate of drug-likeness (QED) is 0.603. The molecule has 21 heavy (non-hydrogen) atoms. The minimum absolute atomic E-state index is 0.145. The highest BCUT2D eigenvalue weighted by Gasteiger charge is 2.43. The fraction of sp³-hybridized carbons (Fsp3) is 0.400. The van der Waals surface area contributed by atoms with E-state index in [2.05, 4.69) is 62.4 Å². The van der Waals surface area contributed by atoms with E-state index in [0.717, 1.165) is 12.8 Å². The van der Waals surface area contributed by atoms with Gasteiger partial charge in [0.2, 0.25) is 0 Å². The number of alkyl halides is 1. The van der Waals surface area contributed by atoms with E-state index < -0.39 is 0 Å². The van der Waals surface area contributed by atoms with Crippen LogP contribution in [0.3, 0.4) is 0 Å². The Labute approximate surface area is 133 Å².